The van der Waals surface area contributed by atoms with Crippen molar-refractivity contribution in [2.24, 2.45) is 4.99 Å². The summed E-state index contributed by atoms with van der Waals surface area (Å²) in [5.74, 6) is 0.883. The highest BCUT2D eigenvalue weighted by atomic mass is 32.1. The van der Waals surface area contributed by atoms with E-state index in [4.69, 9.17) is 23.7 Å². The summed E-state index contributed by atoms with van der Waals surface area (Å²) in [6, 6.07) is 8.39. The first-order valence-electron chi connectivity index (χ1n) is 9.67. The number of hydrogen-bond donors (Lipinski definition) is 0. The molecule has 0 N–H and O–H groups in total. The highest BCUT2D eigenvalue weighted by molar-refractivity contribution is 7.16. The molecular weight excluding hydrogens is 436 g/mol. The second-order valence-corrected chi connectivity index (χ2v) is 7.44. The van der Waals surface area contributed by atoms with Crippen LogP contribution in [-0.2, 0) is 16.1 Å². The maximum Gasteiger partial charge on any atom is 0.326 e. The van der Waals surface area contributed by atoms with Crippen LogP contribution in [-0.4, -0.2) is 51.5 Å². The third-order valence-corrected chi connectivity index (χ3v) is 5.66. The van der Waals surface area contributed by atoms with Gasteiger partial charge < -0.3 is 28.3 Å². The molecular formula is C22H24N2O7S. The van der Waals surface area contributed by atoms with E-state index in [9.17, 15) is 9.59 Å². The van der Waals surface area contributed by atoms with Gasteiger partial charge in [0.2, 0.25) is 0 Å². The fourth-order valence-corrected chi connectivity index (χ4v) is 4.14. The van der Waals surface area contributed by atoms with Crippen LogP contribution in [0.25, 0.3) is 10.2 Å². The van der Waals surface area contributed by atoms with Crippen molar-refractivity contribution in [3.8, 4) is 23.0 Å². The van der Waals surface area contributed by atoms with Crippen molar-refractivity contribution in [3.05, 3.63) is 40.7 Å². The fourth-order valence-electron chi connectivity index (χ4n) is 3.10. The molecule has 32 heavy (non-hydrogen) atoms. The molecule has 3 aromatic rings. The topological polar surface area (TPSA) is 97.6 Å². The summed E-state index contributed by atoms with van der Waals surface area (Å²) in [5, 5.41) is 0. The van der Waals surface area contributed by atoms with Crippen LogP contribution in [0, 0.1) is 0 Å². The molecule has 2 aromatic carbocycles. The van der Waals surface area contributed by atoms with Gasteiger partial charge in [-0.1, -0.05) is 11.3 Å². The van der Waals surface area contributed by atoms with E-state index in [1.807, 2.05) is 0 Å². The molecule has 0 atom stereocenters. The molecule has 0 bridgehead atoms. The number of esters is 1. The Labute approximate surface area is 188 Å². The summed E-state index contributed by atoms with van der Waals surface area (Å²) in [7, 11) is 6.04. The Morgan fingerprint density at radius 3 is 2.25 bits per heavy atom. The van der Waals surface area contributed by atoms with Gasteiger partial charge in [-0.3, -0.25) is 9.59 Å². The quantitative estimate of drug-likeness (QED) is 0.477. The monoisotopic (exact) mass is 460 g/mol. The van der Waals surface area contributed by atoms with E-state index in [0.717, 1.165) is 4.70 Å². The highest BCUT2D eigenvalue weighted by Gasteiger charge is 2.18. The van der Waals surface area contributed by atoms with E-state index < -0.39 is 11.9 Å². The lowest BCUT2D eigenvalue weighted by Crippen LogP contribution is -2.23. The van der Waals surface area contributed by atoms with E-state index in [1.54, 1.807) is 41.8 Å². The van der Waals surface area contributed by atoms with Crippen molar-refractivity contribution in [3.63, 3.8) is 0 Å². The highest BCUT2D eigenvalue weighted by Crippen LogP contribution is 2.33. The van der Waals surface area contributed by atoms with Gasteiger partial charge in [0.25, 0.3) is 5.91 Å². The van der Waals surface area contributed by atoms with E-state index in [1.165, 1.54) is 39.8 Å². The van der Waals surface area contributed by atoms with E-state index in [2.05, 4.69) is 4.99 Å². The molecule has 1 aromatic heterocycles. The Kier molecular flexibility index (Phi) is 7.37. The maximum atomic E-state index is 13.1. The van der Waals surface area contributed by atoms with Crippen molar-refractivity contribution in [1.29, 1.82) is 0 Å². The number of methoxy groups -OCH3 is 4. The summed E-state index contributed by atoms with van der Waals surface area (Å²) in [6.45, 7) is 1.85. The van der Waals surface area contributed by atoms with Crippen LogP contribution < -0.4 is 23.7 Å². The van der Waals surface area contributed by atoms with Crippen molar-refractivity contribution >= 4 is 33.4 Å². The molecule has 1 amide bonds. The Balaban J connectivity index is 2.21. The van der Waals surface area contributed by atoms with Crippen molar-refractivity contribution in [2.45, 2.75) is 13.5 Å². The Hall–Kier alpha value is -3.53. The number of amides is 1. The second kappa shape index (κ2) is 10.2. The molecule has 10 heteroatoms. The molecule has 0 aliphatic heterocycles. The molecule has 0 aliphatic carbocycles. The summed E-state index contributed by atoms with van der Waals surface area (Å²) in [5.41, 5.74) is 0.895. The van der Waals surface area contributed by atoms with Crippen LogP contribution in [0.1, 0.15) is 17.3 Å². The minimum absolute atomic E-state index is 0.120. The van der Waals surface area contributed by atoms with Crippen LogP contribution >= 0.6 is 11.3 Å². The largest absolute Gasteiger partial charge is 0.497 e. The Morgan fingerprint density at radius 2 is 1.62 bits per heavy atom. The molecule has 0 radical (unpaired) electrons. The van der Waals surface area contributed by atoms with Gasteiger partial charge in [-0.05, 0) is 25.1 Å². The van der Waals surface area contributed by atoms with Crippen LogP contribution in [0.4, 0.5) is 0 Å². The number of thiazole rings is 1. The average Bonchev–Trinajstić information content (AvgIpc) is 3.13. The van der Waals surface area contributed by atoms with Gasteiger partial charge in [0.15, 0.2) is 16.3 Å². The fraction of sp³-hybridized carbons (Fsp3) is 0.318. The van der Waals surface area contributed by atoms with E-state index in [-0.39, 0.29) is 18.7 Å². The molecule has 1 heterocycles. The zero-order valence-electron chi connectivity index (χ0n) is 18.5. The van der Waals surface area contributed by atoms with Crippen molar-refractivity contribution < 1.29 is 33.3 Å². The van der Waals surface area contributed by atoms with Crippen molar-refractivity contribution in [1.82, 2.24) is 4.57 Å². The summed E-state index contributed by atoms with van der Waals surface area (Å²) in [4.78, 5) is 30.0. The van der Waals surface area contributed by atoms with Gasteiger partial charge in [0.05, 0.1) is 50.8 Å². The van der Waals surface area contributed by atoms with E-state index >= 15 is 0 Å². The molecule has 0 unspecified atom stereocenters. The van der Waals surface area contributed by atoms with Crippen LogP contribution in [0.15, 0.2) is 35.3 Å². The number of aromatic nitrogens is 1. The smallest absolute Gasteiger partial charge is 0.326 e. The number of benzene rings is 2. The van der Waals surface area contributed by atoms with Crippen LogP contribution in [0.3, 0.4) is 0 Å². The van der Waals surface area contributed by atoms with Crippen molar-refractivity contribution in [2.75, 3.05) is 35.0 Å². The summed E-state index contributed by atoms with van der Waals surface area (Å²) < 4.78 is 28.8. The number of carbonyl (C=O) groups excluding carboxylic acids is 2. The van der Waals surface area contributed by atoms with E-state index in [0.29, 0.717) is 33.3 Å². The van der Waals surface area contributed by atoms with Gasteiger partial charge in [-0.15, -0.1) is 0 Å². The third kappa shape index (κ3) is 4.70. The number of hydrogen-bond acceptors (Lipinski definition) is 8. The van der Waals surface area contributed by atoms with Crippen LogP contribution in [0.5, 0.6) is 23.0 Å². The number of carbonyl (C=O) groups is 2. The molecule has 0 saturated heterocycles. The first kappa shape index (κ1) is 23.1. The lowest BCUT2D eigenvalue weighted by Gasteiger charge is -2.09. The number of fused-ring (bicyclic) bond motifs is 1. The summed E-state index contributed by atoms with van der Waals surface area (Å²) in [6.07, 6.45) is 0. The Bertz CT molecular complexity index is 1210. The predicted octanol–water partition coefficient (Wildman–Crippen LogP) is 3.04. The SMILES string of the molecule is CCOC(=O)Cn1c(=NC(=O)c2cc(OC)ccc2OC)sc2cc(OC)c(OC)cc21. The maximum absolute atomic E-state index is 13.1. The van der Waals surface area contributed by atoms with Gasteiger partial charge in [-0.25, -0.2) is 0 Å². The molecule has 170 valence electrons. The zero-order chi connectivity index (χ0) is 23.3. The molecule has 0 spiro atoms. The molecule has 0 saturated carbocycles. The van der Waals surface area contributed by atoms with Crippen LogP contribution in [0.2, 0.25) is 0 Å². The van der Waals surface area contributed by atoms with Gasteiger partial charge in [0.1, 0.15) is 18.0 Å². The standard InChI is InChI=1S/C22H24N2O7S/c1-6-31-20(25)12-24-15-10-17(29-4)18(30-5)11-19(15)32-22(24)23-21(26)14-9-13(27-2)7-8-16(14)28-3/h7-11H,6,12H2,1-5H3. The minimum atomic E-state index is -0.538. The molecule has 0 aliphatic rings. The number of nitrogens with zero attached hydrogens (tertiary/aromatic N) is 2. The molecule has 9 nitrogen and oxygen atoms in total. The number of ether oxygens (including phenoxy) is 5. The first-order valence-corrected chi connectivity index (χ1v) is 10.5. The lowest BCUT2D eigenvalue weighted by atomic mass is 10.2. The van der Waals surface area contributed by atoms with Gasteiger partial charge in [0, 0.05) is 12.1 Å². The third-order valence-electron chi connectivity index (χ3n) is 4.61. The average molecular weight is 461 g/mol. The predicted molar refractivity (Wildman–Crippen MR) is 119 cm³/mol. The van der Waals surface area contributed by atoms with Gasteiger partial charge >= 0.3 is 5.97 Å². The normalized spacial score (nSPS) is 11.3. The molecule has 0 fully saturated rings. The second-order valence-electron chi connectivity index (χ2n) is 6.43. The first-order chi connectivity index (χ1) is 15.4. The van der Waals surface area contributed by atoms with Gasteiger partial charge in [-0.2, -0.15) is 4.99 Å². The molecule has 3 rings (SSSR count). The minimum Gasteiger partial charge on any atom is -0.497 e. The summed E-state index contributed by atoms with van der Waals surface area (Å²) >= 11 is 1.24. The Morgan fingerprint density at radius 1 is 0.938 bits per heavy atom. The zero-order valence-corrected chi connectivity index (χ0v) is 19.3. The number of rotatable bonds is 8. The lowest BCUT2D eigenvalue weighted by molar-refractivity contribution is -0.143.